The maximum absolute atomic E-state index is 3.97. The molecule has 0 saturated heterocycles. The first-order valence-electron chi connectivity index (χ1n) is 4.67. The molecule has 0 aliphatic heterocycles. The smallest absolute Gasteiger partial charge is 0.0388 e. The average Bonchev–Trinajstić information content (AvgIpc) is 2.66. The molecule has 1 unspecified atom stereocenters. The lowest BCUT2D eigenvalue weighted by atomic mass is 10.2. The molecule has 0 saturated carbocycles. The van der Waals surface area contributed by atoms with Gasteiger partial charge in [-0.3, -0.25) is 0 Å². The van der Waals surface area contributed by atoms with Crippen LogP contribution in [0.1, 0.15) is 31.2 Å². The van der Waals surface area contributed by atoms with E-state index in [1.54, 1.807) is 11.3 Å². The maximum atomic E-state index is 3.97. The van der Waals surface area contributed by atoms with E-state index in [1.807, 2.05) is 0 Å². The third-order valence-electron chi connectivity index (χ3n) is 2.13. The topological polar surface area (TPSA) is 12.0 Å². The fourth-order valence-electron chi connectivity index (χ4n) is 1.06. The molecule has 0 radical (unpaired) electrons. The number of nitrogens with one attached hydrogen (secondary N) is 1. The van der Waals surface area contributed by atoms with Gasteiger partial charge in [0.15, 0.2) is 0 Å². The van der Waals surface area contributed by atoms with Gasteiger partial charge >= 0.3 is 0 Å². The van der Waals surface area contributed by atoms with Crippen molar-refractivity contribution in [3.63, 3.8) is 0 Å². The monoisotopic (exact) mass is 195 g/mol. The molecule has 1 heterocycles. The van der Waals surface area contributed by atoms with Crippen LogP contribution in [0, 0.1) is 0 Å². The van der Waals surface area contributed by atoms with Crippen LogP contribution in [0.15, 0.2) is 29.7 Å². The summed E-state index contributed by atoms with van der Waals surface area (Å²) in [5, 5.41) is 5.56. The molecule has 0 aromatic carbocycles. The molecular formula is C11H17NS. The maximum Gasteiger partial charge on any atom is 0.0388 e. The highest BCUT2D eigenvalue weighted by Gasteiger charge is 2.04. The van der Waals surface area contributed by atoms with E-state index in [2.05, 4.69) is 43.3 Å². The zero-order chi connectivity index (χ0) is 9.68. The summed E-state index contributed by atoms with van der Waals surface area (Å²) in [6.07, 6.45) is 1.06. The van der Waals surface area contributed by atoms with Gasteiger partial charge in [0.1, 0.15) is 0 Å². The highest BCUT2D eigenvalue weighted by atomic mass is 32.1. The molecule has 13 heavy (non-hydrogen) atoms. The van der Waals surface area contributed by atoms with E-state index in [0.717, 1.165) is 13.0 Å². The minimum atomic E-state index is 0.447. The Labute approximate surface area is 84.5 Å². The van der Waals surface area contributed by atoms with E-state index in [9.17, 15) is 0 Å². The largest absolute Gasteiger partial charge is 0.306 e. The van der Waals surface area contributed by atoms with E-state index >= 15 is 0 Å². The Morgan fingerprint density at radius 1 is 1.69 bits per heavy atom. The van der Waals surface area contributed by atoms with Gasteiger partial charge in [-0.25, -0.2) is 0 Å². The average molecular weight is 195 g/mol. The summed E-state index contributed by atoms with van der Waals surface area (Å²) < 4.78 is 0. The summed E-state index contributed by atoms with van der Waals surface area (Å²) in [5.41, 5.74) is 1.27. The molecule has 0 fully saturated rings. The molecule has 1 N–H and O–H groups in total. The second-order valence-electron chi connectivity index (χ2n) is 3.22. The highest BCUT2D eigenvalue weighted by molar-refractivity contribution is 7.10. The number of thiophene rings is 1. The van der Waals surface area contributed by atoms with Crippen molar-refractivity contribution in [2.45, 2.75) is 26.3 Å². The fraction of sp³-hybridized carbons (Fsp3) is 0.455. The van der Waals surface area contributed by atoms with Crippen molar-refractivity contribution in [1.29, 1.82) is 0 Å². The number of hydrogen-bond donors (Lipinski definition) is 1. The molecule has 0 aliphatic rings. The lowest BCUT2D eigenvalue weighted by molar-refractivity contribution is 0.611. The van der Waals surface area contributed by atoms with E-state index in [0.29, 0.717) is 6.04 Å². The third-order valence-corrected chi connectivity index (χ3v) is 3.18. The normalized spacial score (nSPS) is 12.8. The Morgan fingerprint density at radius 3 is 3.00 bits per heavy atom. The number of hydrogen-bond acceptors (Lipinski definition) is 2. The first kappa shape index (κ1) is 10.5. The Balaban J connectivity index is 2.34. The van der Waals surface area contributed by atoms with Gasteiger partial charge in [-0.15, -0.1) is 11.3 Å². The standard InChI is InChI=1S/C11H17NS/c1-4-9(2)8-12-10(3)11-6-5-7-13-11/h5-7,10,12H,2,4,8H2,1,3H3. The van der Waals surface area contributed by atoms with Gasteiger partial charge in [0.25, 0.3) is 0 Å². The minimum Gasteiger partial charge on any atom is -0.306 e. The Morgan fingerprint density at radius 2 is 2.46 bits per heavy atom. The molecule has 0 bridgehead atoms. The van der Waals surface area contributed by atoms with Gasteiger partial charge in [-0.2, -0.15) is 0 Å². The van der Waals surface area contributed by atoms with Crippen LogP contribution in [0.5, 0.6) is 0 Å². The van der Waals surface area contributed by atoms with Crippen LogP contribution in [-0.4, -0.2) is 6.54 Å². The predicted octanol–water partition coefficient (Wildman–Crippen LogP) is 3.36. The van der Waals surface area contributed by atoms with Crippen LogP contribution in [0.2, 0.25) is 0 Å². The molecule has 72 valence electrons. The Bertz CT molecular complexity index is 251. The van der Waals surface area contributed by atoms with Gasteiger partial charge in [0.05, 0.1) is 0 Å². The lowest BCUT2D eigenvalue weighted by Crippen LogP contribution is -2.19. The van der Waals surface area contributed by atoms with Crippen molar-refractivity contribution in [2.24, 2.45) is 0 Å². The zero-order valence-corrected chi connectivity index (χ0v) is 9.16. The first-order valence-corrected chi connectivity index (χ1v) is 5.55. The second kappa shape index (κ2) is 5.20. The summed E-state index contributed by atoms with van der Waals surface area (Å²) >= 11 is 1.80. The SMILES string of the molecule is C=C(CC)CNC(C)c1cccs1. The van der Waals surface area contributed by atoms with Crippen molar-refractivity contribution >= 4 is 11.3 Å². The summed E-state index contributed by atoms with van der Waals surface area (Å²) in [7, 11) is 0. The molecule has 1 aromatic heterocycles. The fourth-order valence-corrected chi connectivity index (χ4v) is 1.82. The van der Waals surface area contributed by atoms with E-state index in [-0.39, 0.29) is 0 Å². The summed E-state index contributed by atoms with van der Waals surface area (Å²) in [6, 6.07) is 4.70. The minimum absolute atomic E-state index is 0.447. The van der Waals surface area contributed by atoms with Crippen molar-refractivity contribution in [3.05, 3.63) is 34.5 Å². The van der Waals surface area contributed by atoms with Crippen LogP contribution >= 0.6 is 11.3 Å². The van der Waals surface area contributed by atoms with Gasteiger partial charge in [0.2, 0.25) is 0 Å². The quantitative estimate of drug-likeness (QED) is 0.710. The second-order valence-corrected chi connectivity index (χ2v) is 4.20. The van der Waals surface area contributed by atoms with Crippen molar-refractivity contribution in [2.75, 3.05) is 6.54 Å². The molecule has 1 nitrogen and oxygen atoms in total. The molecular weight excluding hydrogens is 178 g/mol. The van der Waals surface area contributed by atoms with Gasteiger partial charge in [-0.1, -0.05) is 25.1 Å². The Kier molecular flexibility index (Phi) is 4.19. The molecule has 2 heteroatoms. The summed E-state index contributed by atoms with van der Waals surface area (Å²) in [4.78, 5) is 1.39. The molecule has 1 rings (SSSR count). The van der Waals surface area contributed by atoms with Crippen LogP contribution < -0.4 is 5.32 Å². The lowest BCUT2D eigenvalue weighted by Gasteiger charge is -2.12. The van der Waals surface area contributed by atoms with Crippen LogP contribution in [0.3, 0.4) is 0 Å². The molecule has 1 aromatic rings. The number of rotatable bonds is 5. The van der Waals surface area contributed by atoms with Crippen molar-refractivity contribution in [3.8, 4) is 0 Å². The van der Waals surface area contributed by atoms with Gasteiger partial charge in [-0.05, 0) is 24.8 Å². The van der Waals surface area contributed by atoms with E-state index < -0.39 is 0 Å². The van der Waals surface area contributed by atoms with Crippen LogP contribution in [-0.2, 0) is 0 Å². The van der Waals surface area contributed by atoms with E-state index in [1.165, 1.54) is 10.5 Å². The van der Waals surface area contributed by atoms with Gasteiger partial charge < -0.3 is 5.32 Å². The third kappa shape index (κ3) is 3.33. The molecule has 0 amide bonds. The molecule has 0 aliphatic carbocycles. The highest BCUT2D eigenvalue weighted by Crippen LogP contribution is 2.18. The van der Waals surface area contributed by atoms with Crippen LogP contribution in [0.25, 0.3) is 0 Å². The van der Waals surface area contributed by atoms with Crippen molar-refractivity contribution in [1.82, 2.24) is 5.32 Å². The molecule has 1 atom stereocenters. The predicted molar refractivity (Wildman–Crippen MR) is 60.2 cm³/mol. The van der Waals surface area contributed by atoms with Gasteiger partial charge in [0, 0.05) is 17.5 Å². The zero-order valence-electron chi connectivity index (χ0n) is 8.34. The van der Waals surface area contributed by atoms with Crippen LogP contribution in [0.4, 0.5) is 0 Å². The summed E-state index contributed by atoms with van der Waals surface area (Å²) in [5.74, 6) is 0. The summed E-state index contributed by atoms with van der Waals surface area (Å²) in [6.45, 7) is 9.22. The van der Waals surface area contributed by atoms with Crippen molar-refractivity contribution < 1.29 is 0 Å². The Hall–Kier alpha value is -0.600. The first-order chi connectivity index (χ1) is 6.24. The van der Waals surface area contributed by atoms with E-state index in [4.69, 9.17) is 0 Å². The molecule has 0 spiro atoms.